The molecule has 354 valence electrons. The van der Waals surface area contributed by atoms with Crippen molar-refractivity contribution in [2.75, 3.05) is 32.1 Å². The summed E-state index contributed by atoms with van der Waals surface area (Å²) in [7, 11) is 1.45. The third-order valence-corrected chi connectivity index (χ3v) is 13.2. The van der Waals surface area contributed by atoms with Crippen LogP contribution >= 0.6 is 0 Å². The number of aliphatic hydroxyl groups excluding tert-OH is 2. The number of rotatable bonds is 2. The van der Waals surface area contributed by atoms with E-state index in [4.69, 9.17) is 28.7 Å². The number of benzene rings is 2. The van der Waals surface area contributed by atoms with Gasteiger partial charge in [-0.15, -0.1) is 0 Å². The quantitative estimate of drug-likeness (QED) is 0.196. The number of phenolic OH excluding ortho intramolecular Hbond substituents is 2. The second-order valence-electron chi connectivity index (χ2n) is 19.2. The Morgan fingerprint density at radius 1 is 0.938 bits per heavy atom. The molecule has 2 amide bonds. The number of hydrogen-bond donors (Lipinski definition) is 5. The number of phenols is 2. The zero-order valence-corrected chi connectivity index (χ0v) is 39.3. The van der Waals surface area contributed by atoms with E-state index in [1.165, 1.54) is 53.2 Å². The Morgan fingerprint density at radius 2 is 1.60 bits per heavy atom. The number of methoxy groups -OCH3 is 1. The number of aromatic hydroxyl groups is 2. The Hall–Kier alpha value is -5.52. The van der Waals surface area contributed by atoms with Crippen molar-refractivity contribution in [1.29, 1.82) is 0 Å². The maximum absolute atomic E-state index is 14.8. The normalized spacial score (nSPS) is 31.4. The number of fused-ring (bicyclic) bond motifs is 1. The van der Waals surface area contributed by atoms with Crippen LogP contribution in [0.2, 0.25) is 0 Å². The number of allylic oxidation sites excluding steroid dienone is 2. The Kier molecular flexibility index (Phi) is 13.8. The lowest BCUT2D eigenvalue weighted by Crippen LogP contribution is -2.56. The van der Waals surface area contributed by atoms with Gasteiger partial charge >= 0.3 is 17.8 Å². The molecule has 4 heterocycles. The SMILES string of the molecule is CO[C@H]1/C=C/O[C@@]2(C)Oc3c(C)c(O)c4c(O)c(c5c(c4c3C2=O)NC2(CCN(C(=O)OC(C)(C)C)CC2)CN=5)=NC(=O)/C(C)=C\C=C\[C@H](C)[C@H](O)[C@@H](C)[C@@H](O)[C@@H](C)[C@H](OC(C)=O)[C@@H]1C. The first-order valence-corrected chi connectivity index (χ1v) is 22.1. The first-order valence-electron chi connectivity index (χ1n) is 22.1. The lowest BCUT2D eigenvalue weighted by Gasteiger charge is -2.44. The van der Waals surface area contributed by atoms with E-state index in [9.17, 15) is 39.6 Å². The Labute approximate surface area is 378 Å². The fourth-order valence-electron chi connectivity index (χ4n) is 9.21. The van der Waals surface area contributed by atoms with Crippen molar-refractivity contribution >= 4 is 40.2 Å². The summed E-state index contributed by atoms with van der Waals surface area (Å²) >= 11 is 0. The van der Waals surface area contributed by atoms with Crippen molar-refractivity contribution in [1.82, 2.24) is 4.90 Å². The van der Waals surface area contributed by atoms with Gasteiger partial charge in [0.15, 0.2) is 5.75 Å². The van der Waals surface area contributed by atoms with Gasteiger partial charge in [0.25, 0.3) is 11.7 Å². The van der Waals surface area contributed by atoms with E-state index in [1.54, 1.807) is 65.5 Å². The number of Topliss-reactive ketones (excluding diaryl/α,β-unsaturated/α-hetero) is 1. The van der Waals surface area contributed by atoms with Crippen molar-refractivity contribution in [2.24, 2.45) is 33.7 Å². The van der Waals surface area contributed by atoms with E-state index in [2.05, 4.69) is 10.3 Å². The summed E-state index contributed by atoms with van der Waals surface area (Å²) in [5, 5.41) is 50.3. The van der Waals surface area contributed by atoms with Crippen LogP contribution in [0.1, 0.15) is 98.0 Å². The fraction of sp³-hybridized carbons (Fsp3) is 0.583. The van der Waals surface area contributed by atoms with Gasteiger partial charge in [-0.3, -0.25) is 19.4 Å². The summed E-state index contributed by atoms with van der Waals surface area (Å²) in [6.45, 7) is 18.9. The summed E-state index contributed by atoms with van der Waals surface area (Å²) in [6.07, 6.45) is 4.03. The predicted molar refractivity (Wildman–Crippen MR) is 239 cm³/mol. The number of aliphatic hydroxyl groups is 2. The summed E-state index contributed by atoms with van der Waals surface area (Å²) in [6, 6.07) is 0. The minimum Gasteiger partial charge on any atom is -0.507 e. The molecule has 65 heavy (non-hydrogen) atoms. The Balaban J connectivity index is 1.54. The topological polar surface area (TPSA) is 235 Å². The number of piperidine rings is 1. The van der Waals surface area contributed by atoms with Crippen molar-refractivity contribution in [3.63, 3.8) is 0 Å². The smallest absolute Gasteiger partial charge is 0.410 e. The third kappa shape index (κ3) is 9.45. The minimum absolute atomic E-state index is 0.00421. The molecule has 2 aromatic rings. The van der Waals surface area contributed by atoms with Gasteiger partial charge in [0.1, 0.15) is 33.9 Å². The largest absolute Gasteiger partial charge is 0.507 e. The zero-order valence-electron chi connectivity index (χ0n) is 39.3. The molecule has 0 aliphatic carbocycles. The molecular weight excluding hydrogens is 841 g/mol. The van der Waals surface area contributed by atoms with Crippen molar-refractivity contribution in [2.45, 2.75) is 130 Å². The molecule has 6 rings (SSSR count). The monoisotopic (exact) mass is 904 g/mol. The van der Waals surface area contributed by atoms with E-state index in [1.807, 2.05) is 0 Å². The Morgan fingerprint density at radius 3 is 2.22 bits per heavy atom. The maximum Gasteiger partial charge on any atom is 0.410 e. The first-order chi connectivity index (χ1) is 30.3. The summed E-state index contributed by atoms with van der Waals surface area (Å²) in [5.41, 5.74) is -0.985. The van der Waals surface area contributed by atoms with Crippen molar-refractivity contribution in [3.05, 3.63) is 58.0 Å². The number of likely N-dealkylation sites (tertiary alicyclic amines) is 1. The standard InChI is InChI=1S/C48H64N4O13/c1-23-14-13-15-24(2)44(59)50-36-35-34(51-48(22-49-35)17-19-52(20-18-48)45(60)65-46(8,9)10)31-32(40(36)57)39(56)28(6)42-33(31)43(58)47(11,64-42)62-21-16-30(61-12)25(3)41(63-29(7)53)27(5)38(55)26(4)37(23)54/h13-16,21,23,25-27,30,37-38,41,51,54-57H,17-20,22H2,1-12H3/b14-13+,21-16+,24-15-,50-36?/t23-,25+,26+,27+,30-,37-,38+,41+,47-/m0/s1. The van der Waals surface area contributed by atoms with Crippen molar-refractivity contribution in [3.8, 4) is 17.2 Å². The highest BCUT2D eigenvalue weighted by Crippen LogP contribution is 2.51. The number of ether oxygens (including phenoxy) is 5. The number of nitrogens with one attached hydrogen (secondary N) is 1. The molecule has 1 fully saturated rings. The van der Waals surface area contributed by atoms with Crippen LogP contribution in [0.4, 0.5) is 10.5 Å². The molecule has 0 saturated carbocycles. The molecule has 9 atom stereocenters. The van der Waals surface area contributed by atoms with Crippen LogP contribution in [0.3, 0.4) is 0 Å². The first kappa shape index (κ1) is 48.9. The molecule has 0 radical (unpaired) electrons. The van der Waals surface area contributed by atoms with Crippen LogP contribution in [-0.4, -0.2) is 117 Å². The lowest BCUT2D eigenvalue weighted by atomic mass is 9.78. The number of carbonyl (C=O) groups is 4. The van der Waals surface area contributed by atoms with E-state index < -0.39 is 100 Å². The van der Waals surface area contributed by atoms with Crippen LogP contribution in [0.5, 0.6) is 17.2 Å². The minimum atomic E-state index is -2.01. The van der Waals surface area contributed by atoms with E-state index in [-0.39, 0.29) is 56.2 Å². The number of hydrogen-bond acceptors (Lipinski definition) is 15. The predicted octanol–water partition coefficient (Wildman–Crippen LogP) is 5.07. The van der Waals surface area contributed by atoms with Gasteiger partial charge in [0.05, 0.1) is 53.3 Å². The van der Waals surface area contributed by atoms with E-state index in [0.717, 1.165) is 0 Å². The lowest BCUT2D eigenvalue weighted by molar-refractivity contribution is -0.160. The number of carbonyl (C=O) groups excluding carboxylic acids is 4. The van der Waals surface area contributed by atoms with Crippen LogP contribution < -0.4 is 20.8 Å². The Bertz CT molecular complexity index is 2470. The van der Waals surface area contributed by atoms with Gasteiger partial charge in [0.2, 0.25) is 0 Å². The molecule has 1 spiro atoms. The number of anilines is 1. The number of amides is 2. The molecular formula is C48H64N4O13. The highest BCUT2D eigenvalue weighted by Gasteiger charge is 2.50. The molecule has 4 bridgehead atoms. The van der Waals surface area contributed by atoms with Gasteiger partial charge in [-0.05, 0) is 53.5 Å². The summed E-state index contributed by atoms with van der Waals surface area (Å²) < 4.78 is 29.6. The van der Waals surface area contributed by atoms with Crippen LogP contribution in [0, 0.1) is 30.6 Å². The van der Waals surface area contributed by atoms with Gasteiger partial charge in [-0.1, -0.05) is 45.9 Å². The fourth-order valence-corrected chi connectivity index (χ4v) is 9.21. The molecule has 0 unspecified atom stereocenters. The number of nitrogens with zero attached hydrogens (tertiary/aromatic N) is 3. The summed E-state index contributed by atoms with van der Waals surface area (Å²) in [5.74, 6) is -7.51. The van der Waals surface area contributed by atoms with Gasteiger partial charge < -0.3 is 54.3 Å². The molecule has 4 aliphatic rings. The second-order valence-corrected chi connectivity index (χ2v) is 19.2. The van der Waals surface area contributed by atoms with Gasteiger partial charge in [-0.25, -0.2) is 9.79 Å². The molecule has 1 saturated heterocycles. The zero-order chi connectivity index (χ0) is 48.1. The van der Waals surface area contributed by atoms with E-state index >= 15 is 0 Å². The third-order valence-electron chi connectivity index (χ3n) is 13.2. The van der Waals surface area contributed by atoms with Gasteiger partial charge in [-0.2, -0.15) is 0 Å². The maximum atomic E-state index is 14.8. The molecule has 17 heteroatoms. The number of ketones is 1. The van der Waals surface area contributed by atoms with E-state index in [0.29, 0.717) is 25.9 Å². The van der Waals surface area contributed by atoms with Crippen LogP contribution in [0.25, 0.3) is 10.8 Å². The van der Waals surface area contributed by atoms with Crippen molar-refractivity contribution < 1.29 is 63.3 Å². The highest BCUT2D eigenvalue weighted by molar-refractivity contribution is 6.21. The average Bonchev–Trinajstić information content (AvgIpc) is 3.51. The highest BCUT2D eigenvalue weighted by atomic mass is 16.7. The summed E-state index contributed by atoms with van der Waals surface area (Å²) in [4.78, 5) is 65.1. The van der Waals surface area contributed by atoms with Crippen LogP contribution in [-0.2, 0) is 28.5 Å². The average molecular weight is 905 g/mol. The molecule has 17 nitrogen and oxygen atoms in total. The second kappa shape index (κ2) is 18.4. The van der Waals surface area contributed by atoms with Crippen LogP contribution in [0.15, 0.2) is 46.1 Å². The molecule has 5 N–H and O–H groups in total. The van der Waals surface area contributed by atoms with Gasteiger partial charge in [0, 0.05) is 74.2 Å². The number of esters is 1. The molecule has 4 aliphatic heterocycles. The molecule has 2 aromatic carbocycles. The molecule has 0 aromatic heterocycles.